The molecule has 1 N–H and O–H groups in total. The standard InChI is InChI=1S/C22H20FN3O3S/c1-15-4-3-11-26-13-20(24-22(15)26)17-7-10-21(29-2)19(12-17)25-30(27,28)14-16-5-8-18(23)9-6-16/h3-13,25H,14H2,1-2H3. The number of aryl methyl sites for hydroxylation is 1. The van der Waals surface area contributed by atoms with Gasteiger partial charge in [-0.15, -0.1) is 0 Å². The van der Waals surface area contributed by atoms with Crippen molar-refractivity contribution >= 4 is 21.4 Å². The Labute approximate surface area is 174 Å². The first kappa shape index (κ1) is 19.9. The fourth-order valence-electron chi connectivity index (χ4n) is 3.24. The van der Waals surface area contributed by atoms with Gasteiger partial charge in [-0.2, -0.15) is 0 Å². The van der Waals surface area contributed by atoms with Crippen molar-refractivity contribution in [3.8, 4) is 17.0 Å². The molecule has 0 atom stereocenters. The monoisotopic (exact) mass is 425 g/mol. The zero-order valence-electron chi connectivity index (χ0n) is 16.5. The van der Waals surface area contributed by atoms with Crippen molar-refractivity contribution in [1.29, 1.82) is 0 Å². The van der Waals surface area contributed by atoms with Crippen LogP contribution in [0.3, 0.4) is 0 Å². The van der Waals surface area contributed by atoms with Crippen LogP contribution in [0.2, 0.25) is 0 Å². The number of nitrogens with zero attached hydrogens (tertiary/aromatic N) is 2. The SMILES string of the molecule is COc1ccc(-c2cn3cccc(C)c3n2)cc1NS(=O)(=O)Cc1ccc(F)cc1. The molecule has 0 saturated heterocycles. The molecule has 30 heavy (non-hydrogen) atoms. The maximum Gasteiger partial charge on any atom is 0.237 e. The van der Waals surface area contributed by atoms with Crippen LogP contribution in [-0.4, -0.2) is 24.9 Å². The number of imidazole rings is 1. The smallest absolute Gasteiger partial charge is 0.237 e. The quantitative estimate of drug-likeness (QED) is 0.497. The van der Waals surface area contributed by atoms with Crippen LogP contribution in [0.25, 0.3) is 16.9 Å². The second kappa shape index (κ2) is 7.79. The summed E-state index contributed by atoms with van der Waals surface area (Å²) in [5.41, 5.74) is 4.13. The van der Waals surface area contributed by atoms with Gasteiger partial charge in [-0.3, -0.25) is 4.72 Å². The van der Waals surface area contributed by atoms with Crippen LogP contribution in [0.1, 0.15) is 11.1 Å². The molecule has 4 aromatic rings. The molecule has 0 spiro atoms. The molecule has 6 nitrogen and oxygen atoms in total. The average Bonchev–Trinajstić information content (AvgIpc) is 3.15. The van der Waals surface area contributed by atoms with Crippen LogP contribution in [-0.2, 0) is 15.8 Å². The Morgan fingerprint density at radius 3 is 2.60 bits per heavy atom. The number of methoxy groups -OCH3 is 1. The maximum absolute atomic E-state index is 13.1. The van der Waals surface area contributed by atoms with Gasteiger partial charge < -0.3 is 9.14 Å². The molecule has 0 aliphatic carbocycles. The number of pyridine rings is 1. The Hall–Kier alpha value is -3.39. The van der Waals surface area contributed by atoms with Gasteiger partial charge in [0.15, 0.2) is 0 Å². The van der Waals surface area contributed by atoms with Gasteiger partial charge in [-0.05, 0) is 54.4 Å². The minimum atomic E-state index is -3.74. The molecule has 0 aliphatic rings. The summed E-state index contributed by atoms with van der Waals surface area (Å²) in [6.45, 7) is 1.98. The second-order valence-corrected chi connectivity index (χ2v) is 8.67. The molecule has 0 radical (unpaired) electrons. The highest BCUT2D eigenvalue weighted by Gasteiger charge is 2.16. The fourth-order valence-corrected chi connectivity index (χ4v) is 4.44. The zero-order chi connectivity index (χ0) is 21.3. The van der Waals surface area contributed by atoms with Gasteiger partial charge in [0.2, 0.25) is 10.0 Å². The van der Waals surface area contributed by atoms with E-state index >= 15 is 0 Å². The molecule has 2 aromatic carbocycles. The summed E-state index contributed by atoms with van der Waals surface area (Å²) in [4.78, 5) is 4.66. The number of hydrogen-bond donors (Lipinski definition) is 1. The number of fused-ring (bicyclic) bond motifs is 1. The third kappa shape index (κ3) is 4.13. The zero-order valence-corrected chi connectivity index (χ0v) is 17.3. The van der Waals surface area contributed by atoms with Crippen molar-refractivity contribution in [2.24, 2.45) is 0 Å². The topological polar surface area (TPSA) is 72.7 Å². The number of rotatable bonds is 6. The third-order valence-corrected chi connectivity index (χ3v) is 5.95. The number of anilines is 1. The van der Waals surface area contributed by atoms with Crippen molar-refractivity contribution in [1.82, 2.24) is 9.38 Å². The van der Waals surface area contributed by atoms with Gasteiger partial charge in [0.1, 0.15) is 17.2 Å². The maximum atomic E-state index is 13.1. The highest BCUT2D eigenvalue weighted by Crippen LogP contribution is 2.31. The van der Waals surface area contributed by atoms with Gasteiger partial charge in [0, 0.05) is 18.0 Å². The molecule has 0 fully saturated rings. The Balaban J connectivity index is 1.67. The number of benzene rings is 2. The van der Waals surface area contributed by atoms with Gasteiger partial charge in [0.05, 0.1) is 24.2 Å². The highest BCUT2D eigenvalue weighted by atomic mass is 32.2. The van der Waals surface area contributed by atoms with Crippen molar-refractivity contribution in [3.05, 3.63) is 83.9 Å². The number of nitrogens with one attached hydrogen (secondary N) is 1. The summed E-state index contributed by atoms with van der Waals surface area (Å²) in [6.07, 6.45) is 3.80. The molecule has 2 heterocycles. The highest BCUT2D eigenvalue weighted by molar-refractivity contribution is 7.91. The summed E-state index contributed by atoms with van der Waals surface area (Å²) in [5.74, 6) is -0.309. The van der Waals surface area contributed by atoms with Gasteiger partial charge in [0.25, 0.3) is 0 Å². The first-order valence-corrected chi connectivity index (χ1v) is 10.9. The van der Waals surface area contributed by atoms with E-state index < -0.39 is 15.8 Å². The molecular formula is C22H20FN3O3S. The molecule has 154 valence electrons. The van der Waals surface area contributed by atoms with Crippen LogP contribution in [0.5, 0.6) is 5.75 Å². The minimum Gasteiger partial charge on any atom is -0.495 e. The molecule has 8 heteroatoms. The lowest BCUT2D eigenvalue weighted by molar-refractivity contribution is 0.417. The van der Waals surface area contributed by atoms with E-state index in [2.05, 4.69) is 9.71 Å². The predicted molar refractivity (Wildman–Crippen MR) is 115 cm³/mol. The summed E-state index contributed by atoms with van der Waals surface area (Å²) in [6, 6.07) is 14.5. The van der Waals surface area contributed by atoms with E-state index in [0.717, 1.165) is 16.8 Å². The lowest BCUT2D eigenvalue weighted by Crippen LogP contribution is -2.15. The average molecular weight is 425 g/mol. The number of aromatic nitrogens is 2. The van der Waals surface area contributed by atoms with Crippen LogP contribution < -0.4 is 9.46 Å². The van der Waals surface area contributed by atoms with Gasteiger partial charge >= 0.3 is 0 Å². The number of sulfonamides is 1. The summed E-state index contributed by atoms with van der Waals surface area (Å²) in [5, 5.41) is 0. The lowest BCUT2D eigenvalue weighted by Gasteiger charge is -2.13. The van der Waals surface area contributed by atoms with Crippen LogP contribution >= 0.6 is 0 Å². The van der Waals surface area contributed by atoms with Crippen LogP contribution in [0.4, 0.5) is 10.1 Å². The molecule has 0 unspecified atom stereocenters. The molecule has 0 amide bonds. The first-order chi connectivity index (χ1) is 14.3. The van der Waals surface area contributed by atoms with Crippen molar-refractivity contribution in [2.45, 2.75) is 12.7 Å². The normalized spacial score (nSPS) is 11.6. The minimum absolute atomic E-state index is 0.284. The van der Waals surface area contributed by atoms with E-state index in [1.54, 1.807) is 12.1 Å². The molecular weight excluding hydrogens is 405 g/mol. The van der Waals surface area contributed by atoms with Crippen LogP contribution in [0.15, 0.2) is 67.0 Å². The van der Waals surface area contributed by atoms with Gasteiger partial charge in [-0.25, -0.2) is 17.8 Å². The van der Waals surface area contributed by atoms with E-state index in [-0.39, 0.29) is 5.75 Å². The summed E-state index contributed by atoms with van der Waals surface area (Å²) in [7, 11) is -2.27. The third-order valence-electron chi connectivity index (χ3n) is 4.71. The second-order valence-electron chi connectivity index (χ2n) is 6.95. The van der Waals surface area contributed by atoms with E-state index in [4.69, 9.17) is 4.74 Å². The van der Waals surface area contributed by atoms with Crippen LogP contribution in [0, 0.1) is 12.7 Å². The van der Waals surface area contributed by atoms with E-state index in [1.807, 2.05) is 41.9 Å². The van der Waals surface area contributed by atoms with Crippen molar-refractivity contribution < 1.29 is 17.5 Å². The lowest BCUT2D eigenvalue weighted by atomic mass is 10.1. The first-order valence-electron chi connectivity index (χ1n) is 9.22. The van der Waals surface area contributed by atoms with Gasteiger partial charge in [-0.1, -0.05) is 18.2 Å². The number of ether oxygens (including phenoxy) is 1. The molecule has 4 rings (SSSR count). The molecule has 0 aliphatic heterocycles. The molecule has 2 aromatic heterocycles. The van der Waals surface area contributed by atoms with Crippen molar-refractivity contribution in [3.63, 3.8) is 0 Å². The largest absolute Gasteiger partial charge is 0.495 e. The van der Waals surface area contributed by atoms with E-state index in [1.165, 1.54) is 31.4 Å². The fraction of sp³-hybridized carbons (Fsp3) is 0.136. The van der Waals surface area contributed by atoms with E-state index in [9.17, 15) is 12.8 Å². The number of hydrogen-bond acceptors (Lipinski definition) is 4. The summed E-state index contributed by atoms with van der Waals surface area (Å²) >= 11 is 0. The molecule has 0 saturated carbocycles. The number of halogens is 1. The Kier molecular flexibility index (Phi) is 5.17. The van der Waals surface area contributed by atoms with E-state index in [0.29, 0.717) is 22.7 Å². The predicted octanol–water partition coefficient (Wildman–Crippen LogP) is 4.40. The Bertz CT molecular complexity index is 1320. The Morgan fingerprint density at radius 1 is 1.13 bits per heavy atom. The summed E-state index contributed by atoms with van der Waals surface area (Å²) < 4.78 is 48.3. The van der Waals surface area contributed by atoms with Crippen molar-refractivity contribution in [2.75, 3.05) is 11.8 Å². The molecule has 0 bridgehead atoms. The Morgan fingerprint density at radius 2 is 1.90 bits per heavy atom.